The molecule has 0 aliphatic heterocycles. The largest absolute Gasteiger partial charge is 0.497 e. The van der Waals surface area contributed by atoms with Gasteiger partial charge in [-0.25, -0.2) is 0 Å². The molecule has 0 amide bonds. The van der Waals surface area contributed by atoms with Crippen molar-refractivity contribution in [1.29, 1.82) is 0 Å². The first kappa shape index (κ1) is 13.4. The van der Waals surface area contributed by atoms with Crippen molar-refractivity contribution in [3.63, 3.8) is 0 Å². The van der Waals surface area contributed by atoms with Crippen LogP contribution in [0.15, 0.2) is 60.7 Å². The molecule has 0 bridgehead atoms. The number of hydrogen-bond donors (Lipinski definition) is 0. The maximum absolute atomic E-state index is 5.20. The summed E-state index contributed by atoms with van der Waals surface area (Å²) in [5.74, 6) is 0.858. The van der Waals surface area contributed by atoms with E-state index in [1.54, 1.807) is 7.11 Å². The maximum Gasteiger partial charge on any atom is 0.118 e. The van der Waals surface area contributed by atoms with E-state index in [-0.39, 0.29) is 0 Å². The molecule has 3 aromatic rings. The predicted molar refractivity (Wildman–Crippen MR) is 85.3 cm³/mol. The summed E-state index contributed by atoms with van der Waals surface area (Å²) in [6.45, 7) is 2.96. The maximum atomic E-state index is 5.20. The Balaban J connectivity index is 2.02. The Morgan fingerprint density at radius 3 is 2.29 bits per heavy atom. The van der Waals surface area contributed by atoms with Crippen molar-refractivity contribution in [3.8, 4) is 28.3 Å². The van der Waals surface area contributed by atoms with Gasteiger partial charge in [0.1, 0.15) is 5.75 Å². The molecule has 3 heteroatoms. The van der Waals surface area contributed by atoms with Gasteiger partial charge in [0, 0.05) is 12.1 Å². The van der Waals surface area contributed by atoms with Crippen LogP contribution < -0.4 is 4.74 Å². The number of hydrogen-bond acceptors (Lipinski definition) is 2. The van der Waals surface area contributed by atoms with Crippen LogP contribution >= 0.6 is 0 Å². The van der Waals surface area contributed by atoms with Crippen LogP contribution in [0.4, 0.5) is 0 Å². The van der Waals surface area contributed by atoms with E-state index in [0.717, 1.165) is 29.2 Å². The molecule has 0 saturated heterocycles. The fraction of sp³-hybridized carbons (Fsp3) is 0.167. The molecule has 0 fully saturated rings. The number of ether oxygens (including phenoxy) is 1. The van der Waals surface area contributed by atoms with Crippen LogP contribution in [0.5, 0.6) is 5.75 Å². The molecule has 0 atom stereocenters. The molecule has 0 N–H and O–H groups in total. The van der Waals surface area contributed by atoms with Crippen molar-refractivity contribution in [2.45, 2.75) is 13.5 Å². The SMILES string of the molecule is CCn1nc(-c2ccc(OC)cc2)cc1-c1ccccc1. The Labute approximate surface area is 124 Å². The first-order chi connectivity index (χ1) is 10.3. The van der Waals surface area contributed by atoms with E-state index in [4.69, 9.17) is 9.84 Å². The molecule has 0 unspecified atom stereocenters. The predicted octanol–water partition coefficient (Wildman–Crippen LogP) is 4.25. The number of aromatic nitrogens is 2. The summed E-state index contributed by atoms with van der Waals surface area (Å²) in [6.07, 6.45) is 0. The molecule has 106 valence electrons. The summed E-state index contributed by atoms with van der Waals surface area (Å²) in [5.41, 5.74) is 4.41. The first-order valence-corrected chi connectivity index (χ1v) is 7.09. The van der Waals surface area contributed by atoms with E-state index in [2.05, 4.69) is 37.3 Å². The number of rotatable bonds is 4. The first-order valence-electron chi connectivity index (χ1n) is 7.09. The zero-order valence-corrected chi connectivity index (χ0v) is 12.3. The Morgan fingerprint density at radius 1 is 0.952 bits per heavy atom. The lowest BCUT2D eigenvalue weighted by Gasteiger charge is -2.03. The molecule has 1 aromatic heterocycles. The Hall–Kier alpha value is -2.55. The summed E-state index contributed by atoms with van der Waals surface area (Å²) >= 11 is 0. The van der Waals surface area contributed by atoms with Gasteiger partial charge in [-0.1, -0.05) is 30.3 Å². The average molecular weight is 278 g/mol. The molecule has 0 aliphatic rings. The fourth-order valence-electron chi connectivity index (χ4n) is 2.40. The normalized spacial score (nSPS) is 10.6. The zero-order chi connectivity index (χ0) is 14.7. The molecule has 0 saturated carbocycles. The van der Waals surface area contributed by atoms with Crippen molar-refractivity contribution < 1.29 is 4.74 Å². The molecule has 0 radical (unpaired) electrons. The Kier molecular flexibility index (Phi) is 3.73. The number of nitrogens with zero attached hydrogens (tertiary/aromatic N) is 2. The summed E-state index contributed by atoms with van der Waals surface area (Å²) < 4.78 is 7.24. The van der Waals surface area contributed by atoms with E-state index in [1.165, 1.54) is 5.56 Å². The minimum atomic E-state index is 0.848. The van der Waals surface area contributed by atoms with Crippen LogP contribution in [0.3, 0.4) is 0 Å². The molecular formula is C18H18N2O. The second-order valence-electron chi connectivity index (χ2n) is 4.83. The second kappa shape index (κ2) is 5.83. The minimum Gasteiger partial charge on any atom is -0.497 e. The third-order valence-electron chi connectivity index (χ3n) is 3.53. The Bertz CT molecular complexity index is 715. The van der Waals surface area contributed by atoms with Crippen molar-refractivity contribution in [3.05, 3.63) is 60.7 Å². The van der Waals surface area contributed by atoms with Crippen LogP contribution in [0.2, 0.25) is 0 Å². The molecule has 3 rings (SSSR count). The van der Waals surface area contributed by atoms with Gasteiger partial charge < -0.3 is 4.74 Å². The lowest BCUT2D eigenvalue weighted by molar-refractivity contribution is 0.415. The molecular weight excluding hydrogens is 260 g/mol. The van der Waals surface area contributed by atoms with E-state index >= 15 is 0 Å². The zero-order valence-electron chi connectivity index (χ0n) is 12.3. The fourth-order valence-corrected chi connectivity index (χ4v) is 2.40. The monoisotopic (exact) mass is 278 g/mol. The molecule has 3 nitrogen and oxygen atoms in total. The second-order valence-corrected chi connectivity index (χ2v) is 4.83. The number of methoxy groups -OCH3 is 1. The van der Waals surface area contributed by atoms with E-state index in [9.17, 15) is 0 Å². The minimum absolute atomic E-state index is 0.848. The van der Waals surface area contributed by atoms with Gasteiger partial charge in [-0.15, -0.1) is 0 Å². The van der Waals surface area contributed by atoms with Gasteiger partial charge in [0.25, 0.3) is 0 Å². The van der Waals surface area contributed by atoms with Crippen LogP contribution in [0, 0.1) is 0 Å². The highest BCUT2D eigenvalue weighted by atomic mass is 16.5. The van der Waals surface area contributed by atoms with Crippen LogP contribution in [0.1, 0.15) is 6.92 Å². The molecule has 0 aliphatic carbocycles. The van der Waals surface area contributed by atoms with Crippen molar-refractivity contribution in [2.75, 3.05) is 7.11 Å². The number of aryl methyl sites for hydroxylation is 1. The number of benzene rings is 2. The van der Waals surface area contributed by atoms with Crippen LogP contribution in [0.25, 0.3) is 22.5 Å². The van der Waals surface area contributed by atoms with Gasteiger partial charge in [-0.05, 0) is 42.8 Å². The topological polar surface area (TPSA) is 27.1 Å². The highest BCUT2D eigenvalue weighted by Gasteiger charge is 2.10. The van der Waals surface area contributed by atoms with Gasteiger partial charge in [0.15, 0.2) is 0 Å². The molecule has 21 heavy (non-hydrogen) atoms. The average Bonchev–Trinajstić information content (AvgIpc) is 3.00. The van der Waals surface area contributed by atoms with Gasteiger partial charge in [0.2, 0.25) is 0 Å². The molecule has 2 aromatic carbocycles. The quantitative estimate of drug-likeness (QED) is 0.713. The lowest BCUT2D eigenvalue weighted by atomic mass is 10.1. The summed E-state index contributed by atoms with van der Waals surface area (Å²) in [7, 11) is 1.67. The third-order valence-corrected chi connectivity index (χ3v) is 3.53. The van der Waals surface area contributed by atoms with Crippen molar-refractivity contribution >= 4 is 0 Å². The van der Waals surface area contributed by atoms with Crippen molar-refractivity contribution in [2.24, 2.45) is 0 Å². The summed E-state index contributed by atoms with van der Waals surface area (Å²) in [4.78, 5) is 0. The van der Waals surface area contributed by atoms with Gasteiger partial charge in [-0.2, -0.15) is 5.10 Å². The molecule has 1 heterocycles. The smallest absolute Gasteiger partial charge is 0.118 e. The highest BCUT2D eigenvalue weighted by molar-refractivity contribution is 5.69. The summed E-state index contributed by atoms with van der Waals surface area (Å²) in [5, 5.41) is 4.71. The Morgan fingerprint density at radius 2 is 1.67 bits per heavy atom. The van der Waals surface area contributed by atoms with Gasteiger partial charge in [0.05, 0.1) is 18.5 Å². The summed E-state index contributed by atoms with van der Waals surface area (Å²) in [6, 6.07) is 20.5. The van der Waals surface area contributed by atoms with Crippen LogP contribution in [-0.4, -0.2) is 16.9 Å². The van der Waals surface area contributed by atoms with Crippen LogP contribution in [-0.2, 0) is 6.54 Å². The third kappa shape index (κ3) is 2.68. The van der Waals surface area contributed by atoms with E-state index in [0.29, 0.717) is 0 Å². The standard InChI is InChI=1S/C18H18N2O/c1-3-20-18(15-7-5-4-6-8-15)13-17(19-20)14-9-11-16(21-2)12-10-14/h4-13H,3H2,1-2H3. The van der Waals surface area contributed by atoms with Gasteiger partial charge >= 0.3 is 0 Å². The van der Waals surface area contributed by atoms with E-state index in [1.807, 2.05) is 35.0 Å². The lowest BCUT2D eigenvalue weighted by Crippen LogP contribution is -1.98. The van der Waals surface area contributed by atoms with Gasteiger partial charge in [-0.3, -0.25) is 4.68 Å². The highest BCUT2D eigenvalue weighted by Crippen LogP contribution is 2.27. The van der Waals surface area contributed by atoms with Crippen molar-refractivity contribution in [1.82, 2.24) is 9.78 Å². The molecule has 0 spiro atoms. The van der Waals surface area contributed by atoms with E-state index < -0.39 is 0 Å².